The van der Waals surface area contributed by atoms with Gasteiger partial charge in [-0.05, 0) is 31.4 Å². The van der Waals surface area contributed by atoms with E-state index in [0.717, 1.165) is 17.0 Å². The molecule has 4 rings (SSSR count). The Morgan fingerprint density at radius 1 is 1.43 bits per heavy atom. The monoisotopic (exact) mass is 411 g/mol. The zero-order valence-corrected chi connectivity index (χ0v) is 16.7. The number of allylic oxidation sites excluding steroid dienone is 1. The fraction of sp³-hybridized carbons (Fsp3) is 0.350. The summed E-state index contributed by atoms with van der Waals surface area (Å²) in [5.74, 6) is -1.23. The van der Waals surface area contributed by atoms with E-state index in [1.807, 2.05) is 13.0 Å². The van der Waals surface area contributed by atoms with Gasteiger partial charge < -0.3 is 10.6 Å². The van der Waals surface area contributed by atoms with Crippen molar-refractivity contribution in [3.8, 4) is 0 Å². The van der Waals surface area contributed by atoms with E-state index < -0.39 is 17.8 Å². The highest BCUT2D eigenvalue weighted by atomic mass is 19.1. The summed E-state index contributed by atoms with van der Waals surface area (Å²) >= 11 is 0. The molecule has 2 aliphatic rings. The molecule has 0 fully saturated rings. The van der Waals surface area contributed by atoms with Gasteiger partial charge in [0.25, 0.3) is 11.8 Å². The summed E-state index contributed by atoms with van der Waals surface area (Å²) in [6.07, 6.45) is 5.46. The van der Waals surface area contributed by atoms with E-state index in [1.165, 1.54) is 15.8 Å². The van der Waals surface area contributed by atoms with Crippen molar-refractivity contribution in [3.63, 3.8) is 0 Å². The third-order valence-corrected chi connectivity index (χ3v) is 5.21. The van der Waals surface area contributed by atoms with Gasteiger partial charge in [0.1, 0.15) is 6.04 Å². The molecule has 1 unspecified atom stereocenters. The topological polar surface area (TPSA) is 105 Å². The number of carbonyl (C=O) groups excluding carboxylic acids is 2. The molecule has 0 bridgehead atoms. The van der Waals surface area contributed by atoms with E-state index in [2.05, 4.69) is 25.7 Å². The number of hydrogen-bond acceptors (Lipinski definition) is 6. The maximum absolute atomic E-state index is 14.4. The number of nitrogens with zero attached hydrogens (tertiary/aromatic N) is 5. The third kappa shape index (κ3) is 3.80. The Balaban J connectivity index is 1.48. The van der Waals surface area contributed by atoms with E-state index in [4.69, 9.17) is 0 Å². The molecule has 10 heteroatoms. The average molecular weight is 411 g/mol. The minimum Gasteiger partial charge on any atom is -0.380 e. The summed E-state index contributed by atoms with van der Waals surface area (Å²) in [7, 11) is 1.61. The fourth-order valence-corrected chi connectivity index (χ4v) is 3.55. The molecule has 1 atom stereocenters. The van der Waals surface area contributed by atoms with Crippen LogP contribution >= 0.6 is 0 Å². The predicted octanol–water partition coefficient (Wildman–Crippen LogP) is 0.968. The van der Waals surface area contributed by atoms with Crippen molar-refractivity contribution in [1.82, 2.24) is 30.3 Å². The number of hydrogen-bond donors (Lipinski definition) is 2. The second kappa shape index (κ2) is 8.05. The lowest BCUT2D eigenvalue weighted by Crippen LogP contribution is -2.46. The van der Waals surface area contributed by atoms with Crippen LogP contribution in [0.4, 0.5) is 4.39 Å². The van der Waals surface area contributed by atoms with Crippen LogP contribution in [0, 0.1) is 12.7 Å². The second-order valence-corrected chi connectivity index (χ2v) is 7.23. The first-order chi connectivity index (χ1) is 14.4. The lowest BCUT2D eigenvalue weighted by atomic mass is 10.1. The smallest absolute Gasteiger partial charge is 0.275 e. The highest BCUT2D eigenvalue weighted by Crippen LogP contribution is 2.22. The Labute approximate surface area is 172 Å². The van der Waals surface area contributed by atoms with Crippen molar-refractivity contribution in [3.05, 3.63) is 58.8 Å². The Hall–Kier alpha value is -3.56. The quantitative estimate of drug-likeness (QED) is 0.780. The molecule has 0 saturated heterocycles. The number of rotatable bonds is 4. The number of nitrogens with one attached hydrogen (secondary N) is 2. The maximum atomic E-state index is 14.4. The van der Waals surface area contributed by atoms with Crippen LogP contribution in [0.5, 0.6) is 0 Å². The highest BCUT2D eigenvalue weighted by Gasteiger charge is 2.32. The van der Waals surface area contributed by atoms with Gasteiger partial charge in [-0.2, -0.15) is 5.10 Å². The standard InChI is InChI=1S/C20H22FN7O2/c1-12-13(4-3-7-22-12)10-28-11-14(21)17(26-28)19(29)25-16-6-5-15-18(24-9-8-23-15)27(2)20(16)30/h3-4,7,9,11,16,23H,5-6,8,10H2,1-2H3,(H,25,29). The van der Waals surface area contributed by atoms with E-state index in [0.29, 0.717) is 25.2 Å². The minimum atomic E-state index is -0.796. The molecule has 2 N–H and O–H groups in total. The molecule has 2 aromatic rings. The summed E-state index contributed by atoms with van der Waals surface area (Å²) in [5, 5.41) is 9.91. The normalized spacial score (nSPS) is 18.7. The zero-order chi connectivity index (χ0) is 21.3. The minimum absolute atomic E-state index is 0.287. The molecule has 156 valence electrons. The van der Waals surface area contributed by atoms with Crippen LogP contribution in [0.15, 0.2) is 41.0 Å². The molecule has 2 aliphatic heterocycles. The Bertz CT molecular complexity index is 1060. The molecule has 2 amide bonds. The van der Waals surface area contributed by atoms with E-state index in [1.54, 1.807) is 25.5 Å². The maximum Gasteiger partial charge on any atom is 0.275 e. The molecule has 0 saturated carbocycles. The first-order valence-corrected chi connectivity index (χ1v) is 9.65. The van der Waals surface area contributed by atoms with Gasteiger partial charge in [0.2, 0.25) is 0 Å². The average Bonchev–Trinajstić information content (AvgIpc) is 3.06. The van der Waals surface area contributed by atoms with Crippen LogP contribution in [-0.4, -0.2) is 57.3 Å². The molecule has 0 radical (unpaired) electrons. The number of aromatic nitrogens is 3. The summed E-state index contributed by atoms with van der Waals surface area (Å²) in [6, 6.07) is 2.86. The number of halogens is 1. The zero-order valence-electron chi connectivity index (χ0n) is 16.7. The van der Waals surface area contributed by atoms with Crippen molar-refractivity contribution >= 4 is 18.0 Å². The van der Waals surface area contributed by atoms with E-state index >= 15 is 0 Å². The Morgan fingerprint density at radius 3 is 3.07 bits per heavy atom. The van der Waals surface area contributed by atoms with Crippen molar-refractivity contribution in [2.24, 2.45) is 4.99 Å². The highest BCUT2D eigenvalue weighted by molar-refractivity contribution is 5.96. The SMILES string of the molecule is Cc1ncccc1Cn1cc(F)c(C(=O)NC2CCC3=C(N=CCN3)N(C)C2=O)n1. The molecule has 0 aliphatic carbocycles. The predicted molar refractivity (Wildman–Crippen MR) is 107 cm³/mol. The van der Waals surface area contributed by atoms with Gasteiger partial charge in [-0.1, -0.05) is 6.07 Å². The lowest BCUT2D eigenvalue weighted by Gasteiger charge is -2.23. The molecule has 4 heterocycles. The number of aliphatic imine (C=N–C) groups is 1. The fourth-order valence-electron chi connectivity index (χ4n) is 3.55. The van der Waals surface area contributed by atoms with Crippen LogP contribution in [0.2, 0.25) is 0 Å². The van der Waals surface area contributed by atoms with Crippen molar-refractivity contribution in [2.45, 2.75) is 32.4 Å². The number of amides is 2. The number of pyridine rings is 1. The van der Waals surface area contributed by atoms with Crippen LogP contribution in [0.1, 0.15) is 34.6 Å². The molecule has 9 nitrogen and oxygen atoms in total. The van der Waals surface area contributed by atoms with Crippen LogP contribution < -0.4 is 10.6 Å². The van der Waals surface area contributed by atoms with Crippen molar-refractivity contribution in [2.75, 3.05) is 13.6 Å². The van der Waals surface area contributed by atoms with Crippen molar-refractivity contribution in [1.29, 1.82) is 0 Å². The molecular weight excluding hydrogens is 389 g/mol. The van der Waals surface area contributed by atoms with E-state index in [-0.39, 0.29) is 18.1 Å². The summed E-state index contributed by atoms with van der Waals surface area (Å²) < 4.78 is 15.8. The second-order valence-electron chi connectivity index (χ2n) is 7.23. The van der Waals surface area contributed by atoms with Gasteiger partial charge >= 0.3 is 0 Å². The van der Waals surface area contributed by atoms with E-state index in [9.17, 15) is 14.0 Å². The van der Waals surface area contributed by atoms with Gasteiger partial charge in [0.05, 0.1) is 25.0 Å². The van der Waals surface area contributed by atoms with Gasteiger partial charge in [0, 0.05) is 25.2 Å². The number of carbonyl (C=O) groups is 2. The number of likely N-dealkylation sites (N-methyl/N-ethyl adjacent to an activating group) is 1. The first-order valence-electron chi connectivity index (χ1n) is 9.65. The largest absolute Gasteiger partial charge is 0.380 e. The first kappa shape index (κ1) is 19.7. The molecule has 0 spiro atoms. The van der Waals surface area contributed by atoms with Crippen LogP contribution in [-0.2, 0) is 11.3 Å². The third-order valence-electron chi connectivity index (χ3n) is 5.21. The van der Waals surface area contributed by atoms with Crippen LogP contribution in [0.3, 0.4) is 0 Å². The lowest BCUT2D eigenvalue weighted by molar-refractivity contribution is -0.130. The van der Waals surface area contributed by atoms with Gasteiger partial charge in [-0.3, -0.25) is 24.2 Å². The van der Waals surface area contributed by atoms with Crippen molar-refractivity contribution < 1.29 is 14.0 Å². The molecule has 30 heavy (non-hydrogen) atoms. The van der Waals surface area contributed by atoms with Gasteiger partial charge in [-0.25, -0.2) is 9.38 Å². The van der Waals surface area contributed by atoms with Gasteiger partial charge in [-0.15, -0.1) is 0 Å². The summed E-state index contributed by atoms with van der Waals surface area (Å²) in [4.78, 5) is 35.4. The summed E-state index contributed by atoms with van der Waals surface area (Å²) in [6.45, 7) is 2.73. The Morgan fingerprint density at radius 2 is 2.27 bits per heavy atom. The molecular formula is C20H22FN7O2. The molecule has 0 aromatic carbocycles. The Kier molecular flexibility index (Phi) is 5.30. The molecule has 2 aromatic heterocycles. The number of aryl methyl sites for hydroxylation is 1. The van der Waals surface area contributed by atoms with Gasteiger partial charge in [0.15, 0.2) is 17.3 Å². The van der Waals surface area contributed by atoms with Crippen LogP contribution in [0.25, 0.3) is 0 Å². The summed E-state index contributed by atoms with van der Waals surface area (Å²) in [5.41, 5.74) is 2.19.